The monoisotopic (exact) mass is 449 g/mol. The minimum atomic E-state index is -0.804. The summed E-state index contributed by atoms with van der Waals surface area (Å²) in [6.07, 6.45) is 6.12. The second-order valence-electron chi connectivity index (χ2n) is 8.98. The Labute approximate surface area is 190 Å². The molecule has 2 aromatic carbocycles. The van der Waals surface area contributed by atoms with E-state index in [4.69, 9.17) is 0 Å². The number of nitrogens with one attached hydrogen (secondary N) is 1. The van der Waals surface area contributed by atoms with E-state index in [9.17, 15) is 18.4 Å². The van der Waals surface area contributed by atoms with Crippen LogP contribution in [0.25, 0.3) is 5.69 Å². The first-order valence-electron chi connectivity index (χ1n) is 11.4. The summed E-state index contributed by atoms with van der Waals surface area (Å²) in [7, 11) is 0. The maximum Gasteiger partial charge on any atom is 0.226 e. The Morgan fingerprint density at radius 1 is 1.06 bits per heavy atom. The first kappa shape index (κ1) is 21.5. The van der Waals surface area contributed by atoms with E-state index in [1.165, 1.54) is 48.4 Å². The lowest BCUT2D eigenvalue weighted by atomic mass is 9.82. The van der Waals surface area contributed by atoms with Gasteiger partial charge in [-0.25, -0.2) is 13.5 Å². The van der Waals surface area contributed by atoms with Crippen LogP contribution in [0.2, 0.25) is 0 Å². The molecule has 1 fully saturated rings. The summed E-state index contributed by atoms with van der Waals surface area (Å²) < 4.78 is 29.1. The SMILES string of the molecule is Cc1nn(-c2ccc(F)cc2F)c2c1C(C(=O)c1ccc(C3CCCCC3)cc1)CC(=O)N2. The van der Waals surface area contributed by atoms with E-state index in [1.807, 2.05) is 24.3 Å². The standard InChI is InChI=1S/C26H25F2N3O2/c1-15-24-20(25(33)18-9-7-17(8-10-18)16-5-3-2-4-6-16)14-23(32)29-26(24)31(30-15)22-12-11-19(27)13-21(22)28/h7-13,16,20H,2-6,14H2,1H3,(H,29,32). The van der Waals surface area contributed by atoms with E-state index < -0.39 is 17.6 Å². The van der Waals surface area contributed by atoms with Crippen molar-refractivity contribution in [2.24, 2.45) is 0 Å². The van der Waals surface area contributed by atoms with E-state index in [0.717, 1.165) is 12.1 Å². The molecule has 1 saturated carbocycles. The quantitative estimate of drug-likeness (QED) is 0.511. The van der Waals surface area contributed by atoms with Crippen LogP contribution in [0.4, 0.5) is 14.6 Å². The largest absolute Gasteiger partial charge is 0.310 e. The van der Waals surface area contributed by atoms with Gasteiger partial charge < -0.3 is 5.32 Å². The van der Waals surface area contributed by atoms with Gasteiger partial charge in [0.15, 0.2) is 11.6 Å². The highest BCUT2D eigenvalue weighted by molar-refractivity contribution is 6.08. The van der Waals surface area contributed by atoms with Gasteiger partial charge in [-0.3, -0.25) is 9.59 Å². The zero-order valence-electron chi connectivity index (χ0n) is 18.4. The third-order valence-electron chi connectivity index (χ3n) is 6.83. The fraction of sp³-hybridized carbons (Fsp3) is 0.346. The molecule has 1 unspecified atom stereocenters. The number of carbonyl (C=O) groups excluding carboxylic acids is 2. The lowest BCUT2D eigenvalue weighted by Crippen LogP contribution is -2.28. The van der Waals surface area contributed by atoms with Crippen LogP contribution in [0.1, 0.15) is 77.5 Å². The molecule has 1 aliphatic carbocycles. The number of aryl methyl sites for hydroxylation is 1. The average molecular weight is 450 g/mol. The molecule has 5 nitrogen and oxygen atoms in total. The Kier molecular flexibility index (Phi) is 5.56. The zero-order chi connectivity index (χ0) is 23.1. The molecule has 0 radical (unpaired) electrons. The van der Waals surface area contributed by atoms with Crippen molar-refractivity contribution in [3.05, 3.63) is 76.5 Å². The highest BCUT2D eigenvalue weighted by Gasteiger charge is 2.36. The first-order valence-corrected chi connectivity index (χ1v) is 11.4. The van der Waals surface area contributed by atoms with E-state index >= 15 is 0 Å². The van der Waals surface area contributed by atoms with Crippen molar-refractivity contribution in [2.45, 2.75) is 57.3 Å². The number of ketones is 1. The van der Waals surface area contributed by atoms with Gasteiger partial charge in [-0.15, -0.1) is 0 Å². The molecule has 0 spiro atoms. The summed E-state index contributed by atoms with van der Waals surface area (Å²) in [6.45, 7) is 1.72. The molecule has 0 saturated heterocycles. The molecular formula is C26H25F2N3O2. The number of amides is 1. The van der Waals surface area contributed by atoms with Gasteiger partial charge in [0.05, 0.1) is 11.6 Å². The minimum absolute atomic E-state index is 0.00531. The maximum atomic E-state index is 14.4. The van der Waals surface area contributed by atoms with Gasteiger partial charge in [0.2, 0.25) is 5.91 Å². The van der Waals surface area contributed by atoms with Crippen LogP contribution in [0.15, 0.2) is 42.5 Å². The van der Waals surface area contributed by atoms with Gasteiger partial charge in [-0.2, -0.15) is 5.10 Å². The first-order chi connectivity index (χ1) is 15.9. The fourth-order valence-electron chi connectivity index (χ4n) is 5.16. The Balaban J connectivity index is 1.49. The third-order valence-corrected chi connectivity index (χ3v) is 6.83. The third kappa shape index (κ3) is 3.96. The summed E-state index contributed by atoms with van der Waals surface area (Å²) in [5.41, 5.74) is 2.89. The highest BCUT2D eigenvalue weighted by Crippen LogP contribution is 2.39. The average Bonchev–Trinajstić information content (AvgIpc) is 3.14. The lowest BCUT2D eigenvalue weighted by Gasteiger charge is -2.24. The zero-order valence-corrected chi connectivity index (χ0v) is 18.4. The van der Waals surface area contributed by atoms with E-state index in [0.29, 0.717) is 22.7 Å². The predicted octanol–water partition coefficient (Wildman–Crippen LogP) is 5.82. The van der Waals surface area contributed by atoms with Crippen molar-refractivity contribution in [1.29, 1.82) is 0 Å². The summed E-state index contributed by atoms with van der Waals surface area (Å²) in [5, 5.41) is 7.10. The van der Waals surface area contributed by atoms with Gasteiger partial charge in [-0.1, -0.05) is 43.5 Å². The topological polar surface area (TPSA) is 64.0 Å². The number of Topliss-reactive ketones (excluding diaryl/α,β-unsaturated/α-hetero) is 1. The molecular weight excluding hydrogens is 424 g/mol. The normalized spacial score (nSPS) is 18.6. The molecule has 1 atom stereocenters. The number of hydrogen-bond donors (Lipinski definition) is 1. The van der Waals surface area contributed by atoms with E-state index in [1.54, 1.807) is 6.92 Å². The number of hydrogen-bond acceptors (Lipinski definition) is 3. The van der Waals surface area contributed by atoms with E-state index in [2.05, 4.69) is 10.4 Å². The highest BCUT2D eigenvalue weighted by atomic mass is 19.1. The van der Waals surface area contributed by atoms with Crippen molar-refractivity contribution in [1.82, 2.24) is 9.78 Å². The summed E-state index contributed by atoms with van der Waals surface area (Å²) >= 11 is 0. The number of halogens is 2. The van der Waals surface area contributed by atoms with E-state index in [-0.39, 0.29) is 29.6 Å². The van der Waals surface area contributed by atoms with Crippen molar-refractivity contribution >= 4 is 17.5 Å². The molecule has 33 heavy (non-hydrogen) atoms. The molecule has 1 aliphatic heterocycles. The molecule has 1 amide bonds. The molecule has 3 aromatic rings. The molecule has 0 bridgehead atoms. The van der Waals surface area contributed by atoms with Crippen LogP contribution < -0.4 is 5.32 Å². The number of carbonyl (C=O) groups is 2. The molecule has 2 aliphatic rings. The van der Waals surface area contributed by atoms with Crippen LogP contribution in [0, 0.1) is 18.6 Å². The molecule has 2 heterocycles. The molecule has 1 aromatic heterocycles. The number of rotatable bonds is 4. The Bertz CT molecular complexity index is 1230. The molecule has 1 N–H and O–H groups in total. The number of nitrogens with zero attached hydrogens (tertiary/aromatic N) is 2. The fourth-order valence-corrected chi connectivity index (χ4v) is 5.16. The maximum absolute atomic E-state index is 14.4. The van der Waals surface area contributed by atoms with Crippen molar-refractivity contribution in [2.75, 3.05) is 5.32 Å². The molecule has 7 heteroatoms. The number of benzene rings is 2. The minimum Gasteiger partial charge on any atom is -0.310 e. The van der Waals surface area contributed by atoms with Crippen molar-refractivity contribution in [3.8, 4) is 5.69 Å². The van der Waals surface area contributed by atoms with Crippen molar-refractivity contribution < 1.29 is 18.4 Å². The predicted molar refractivity (Wildman–Crippen MR) is 121 cm³/mol. The molecule has 170 valence electrons. The van der Waals surface area contributed by atoms with Crippen LogP contribution in [-0.2, 0) is 4.79 Å². The summed E-state index contributed by atoms with van der Waals surface area (Å²) in [4.78, 5) is 26.0. The Hall–Kier alpha value is -3.35. The second-order valence-corrected chi connectivity index (χ2v) is 8.98. The number of fused-ring (bicyclic) bond motifs is 1. The van der Waals surface area contributed by atoms with Crippen LogP contribution in [-0.4, -0.2) is 21.5 Å². The van der Waals surface area contributed by atoms with Gasteiger partial charge >= 0.3 is 0 Å². The number of anilines is 1. The van der Waals surface area contributed by atoms with Crippen LogP contribution in [0.5, 0.6) is 0 Å². The van der Waals surface area contributed by atoms with Gasteiger partial charge in [0.1, 0.15) is 17.3 Å². The summed E-state index contributed by atoms with van der Waals surface area (Å²) in [6, 6.07) is 10.9. The van der Waals surface area contributed by atoms with Crippen LogP contribution >= 0.6 is 0 Å². The van der Waals surface area contributed by atoms with Gasteiger partial charge in [0.25, 0.3) is 0 Å². The number of aromatic nitrogens is 2. The smallest absolute Gasteiger partial charge is 0.226 e. The Morgan fingerprint density at radius 3 is 2.48 bits per heavy atom. The van der Waals surface area contributed by atoms with Crippen LogP contribution in [0.3, 0.4) is 0 Å². The summed E-state index contributed by atoms with van der Waals surface area (Å²) in [5.74, 6) is -1.94. The van der Waals surface area contributed by atoms with Gasteiger partial charge in [0, 0.05) is 23.6 Å². The molecule has 5 rings (SSSR count). The van der Waals surface area contributed by atoms with Crippen molar-refractivity contribution in [3.63, 3.8) is 0 Å². The lowest BCUT2D eigenvalue weighted by molar-refractivity contribution is -0.116. The van der Waals surface area contributed by atoms with Gasteiger partial charge in [-0.05, 0) is 43.4 Å². The Morgan fingerprint density at radius 2 is 1.79 bits per heavy atom. The second kappa shape index (κ2) is 8.54.